The molecule has 0 aliphatic rings. The maximum atomic E-state index is 13.5. The second-order valence-corrected chi connectivity index (χ2v) is 9.70. The minimum absolute atomic E-state index is 0.0281. The molecular formula is C25H24ClN3O8S. The van der Waals surface area contributed by atoms with Gasteiger partial charge in [-0.25, -0.2) is 18.6 Å². The normalized spacial score (nSPS) is 11.1. The molecule has 11 nitrogen and oxygen atoms in total. The van der Waals surface area contributed by atoms with Gasteiger partial charge in [-0.1, -0.05) is 29.8 Å². The number of rotatable bonds is 10. The van der Waals surface area contributed by atoms with Crippen LogP contribution in [0.5, 0.6) is 17.2 Å². The van der Waals surface area contributed by atoms with Crippen molar-refractivity contribution in [2.75, 3.05) is 32.2 Å². The maximum Gasteiger partial charge on any atom is 0.513 e. The molecule has 0 unspecified atom stereocenters. The standard InChI is InChI=1S/C25H24ClN3O8S/c1-34-21-12-10-18(26)14-20(21)29(38(32,33)19-7-5-4-6-8-19)16-24(30)28-27-15-17-9-11-22(23(13-17)35-2)37-25(31)36-3/h4-15H,16H2,1-3H3,(H,28,30)/b27-15-. The maximum absolute atomic E-state index is 13.5. The van der Waals surface area contributed by atoms with Gasteiger partial charge in [0.1, 0.15) is 12.3 Å². The van der Waals surface area contributed by atoms with Gasteiger partial charge in [-0.3, -0.25) is 9.10 Å². The zero-order valence-corrected chi connectivity index (χ0v) is 22.2. The lowest BCUT2D eigenvalue weighted by Crippen LogP contribution is -2.39. The molecule has 0 aromatic heterocycles. The van der Waals surface area contributed by atoms with E-state index >= 15 is 0 Å². The van der Waals surface area contributed by atoms with E-state index in [1.807, 2.05) is 0 Å². The van der Waals surface area contributed by atoms with Crippen molar-refractivity contribution < 1.29 is 37.0 Å². The highest BCUT2D eigenvalue weighted by Gasteiger charge is 2.29. The van der Waals surface area contributed by atoms with Crippen molar-refractivity contribution in [2.24, 2.45) is 5.10 Å². The number of nitrogens with one attached hydrogen (secondary N) is 1. The number of carbonyl (C=O) groups is 2. The SMILES string of the molecule is COC(=O)Oc1ccc(/C=N\NC(=O)CN(c2cc(Cl)ccc2OC)S(=O)(=O)c2ccccc2)cc1OC. The van der Waals surface area contributed by atoms with Gasteiger partial charge in [0.2, 0.25) is 0 Å². The van der Waals surface area contributed by atoms with Crippen LogP contribution in [0.15, 0.2) is 76.7 Å². The van der Waals surface area contributed by atoms with E-state index in [1.54, 1.807) is 24.3 Å². The number of hydrazone groups is 1. The highest BCUT2D eigenvalue weighted by atomic mass is 35.5. The summed E-state index contributed by atoms with van der Waals surface area (Å²) < 4.78 is 47.8. The van der Waals surface area contributed by atoms with E-state index in [1.165, 1.54) is 70.0 Å². The van der Waals surface area contributed by atoms with E-state index in [2.05, 4.69) is 15.3 Å². The van der Waals surface area contributed by atoms with Crippen LogP contribution < -0.4 is 23.9 Å². The fourth-order valence-electron chi connectivity index (χ4n) is 3.20. The fourth-order valence-corrected chi connectivity index (χ4v) is 4.81. The first-order valence-electron chi connectivity index (χ1n) is 10.9. The Kier molecular flexibility index (Phi) is 9.52. The quantitative estimate of drug-likeness (QED) is 0.171. The molecule has 3 aromatic carbocycles. The highest BCUT2D eigenvalue weighted by Crippen LogP contribution is 2.34. The van der Waals surface area contributed by atoms with Crippen LogP contribution in [0.25, 0.3) is 0 Å². The van der Waals surface area contributed by atoms with E-state index < -0.39 is 28.6 Å². The predicted molar refractivity (Wildman–Crippen MR) is 141 cm³/mol. The molecule has 1 amide bonds. The topological polar surface area (TPSA) is 133 Å². The first-order chi connectivity index (χ1) is 18.2. The molecule has 0 saturated carbocycles. The van der Waals surface area contributed by atoms with Gasteiger partial charge in [-0.15, -0.1) is 0 Å². The molecule has 3 rings (SSSR count). The third kappa shape index (κ3) is 6.93. The fraction of sp³-hybridized carbons (Fsp3) is 0.160. The van der Waals surface area contributed by atoms with Gasteiger partial charge in [-0.05, 0) is 54.1 Å². The van der Waals surface area contributed by atoms with Gasteiger partial charge in [0.15, 0.2) is 11.5 Å². The lowest BCUT2D eigenvalue weighted by Gasteiger charge is -2.25. The molecule has 3 aromatic rings. The molecule has 0 atom stereocenters. The largest absolute Gasteiger partial charge is 0.513 e. The molecule has 0 radical (unpaired) electrons. The monoisotopic (exact) mass is 561 g/mol. The van der Waals surface area contributed by atoms with E-state index in [9.17, 15) is 18.0 Å². The Labute approximate surface area is 224 Å². The zero-order chi connectivity index (χ0) is 27.7. The van der Waals surface area contributed by atoms with Crippen molar-refractivity contribution in [2.45, 2.75) is 4.90 Å². The van der Waals surface area contributed by atoms with E-state index in [0.717, 1.165) is 4.31 Å². The number of amides is 1. The summed E-state index contributed by atoms with van der Waals surface area (Å²) in [7, 11) is -0.256. The summed E-state index contributed by atoms with van der Waals surface area (Å²) >= 11 is 6.13. The Morgan fingerprint density at radius 3 is 2.29 bits per heavy atom. The molecule has 13 heteroatoms. The Morgan fingerprint density at radius 1 is 0.947 bits per heavy atom. The first kappa shape index (κ1) is 28.3. The predicted octanol–water partition coefficient (Wildman–Crippen LogP) is 3.85. The zero-order valence-electron chi connectivity index (χ0n) is 20.6. The number of methoxy groups -OCH3 is 3. The molecule has 0 bridgehead atoms. The lowest BCUT2D eigenvalue weighted by molar-refractivity contribution is -0.119. The molecule has 0 spiro atoms. The van der Waals surface area contributed by atoms with Crippen molar-refractivity contribution in [3.8, 4) is 17.2 Å². The summed E-state index contributed by atoms with van der Waals surface area (Å²) in [4.78, 5) is 24.1. The van der Waals surface area contributed by atoms with E-state index in [4.69, 9.17) is 25.8 Å². The van der Waals surface area contributed by atoms with Crippen LogP contribution in [-0.2, 0) is 19.6 Å². The lowest BCUT2D eigenvalue weighted by atomic mass is 10.2. The molecule has 200 valence electrons. The third-order valence-electron chi connectivity index (χ3n) is 4.98. The van der Waals surface area contributed by atoms with Gasteiger partial charge >= 0.3 is 6.16 Å². The average Bonchev–Trinajstić information content (AvgIpc) is 2.92. The summed E-state index contributed by atoms with van der Waals surface area (Å²) in [5, 5.41) is 4.15. The Bertz CT molecular complexity index is 1430. The second-order valence-electron chi connectivity index (χ2n) is 7.40. The average molecular weight is 562 g/mol. The summed E-state index contributed by atoms with van der Waals surface area (Å²) in [5.74, 6) is -0.191. The number of nitrogens with zero attached hydrogens (tertiary/aromatic N) is 2. The smallest absolute Gasteiger partial charge is 0.495 e. The Balaban J connectivity index is 1.84. The summed E-state index contributed by atoms with van der Waals surface area (Å²) in [6, 6.07) is 16.6. The number of ether oxygens (including phenoxy) is 4. The number of anilines is 1. The number of hydrogen-bond donors (Lipinski definition) is 1. The van der Waals surface area contributed by atoms with Crippen molar-refractivity contribution in [3.05, 3.63) is 77.3 Å². The number of halogens is 1. The molecule has 0 aliphatic carbocycles. The first-order valence-corrected chi connectivity index (χ1v) is 12.7. The van der Waals surface area contributed by atoms with Gasteiger partial charge in [0, 0.05) is 5.02 Å². The molecule has 0 saturated heterocycles. The van der Waals surface area contributed by atoms with Crippen molar-refractivity contribution in [1.29, 1.82) is 0 Å². The van der Waals surface area contributed by atoms with Crippen LogP contribution in [0.3, 0.4) is 0 Å². The van der Waals surface area contributed by atoms with Crippen LogP contribution in [0.1, 0.15) is 5.56 Å². The van der Waals surface area contributed by atoms with Crippen LogP contribution in [0.4, 0.5) is 10.5 Å². The molecule has 38 heavy (non-hydrogen) atoms. The molecular weight excluding hydrogens is 538 g/mol. The van der Waals surface area contributed by atoms with Gasteiger partial charge in [-0.2, -0.15) is 5.10 Å². The van der Waals surface area contributed by atoms with Gasteiger partial charge in [0.05, 0.1) is 38.1 Å². The Hall–Kier alpha value is -4.29. The number of hydrogen-bond acceptors (Lipinski definition) is 9. The number of carbonyl (C=O) groups excluding carboxylic acids is 2. The van der Waals surface area contributed by atoms with Crippen LogP contribution in [0, 0.1) is 0 Å². The highest BCUT2D eigenvalue weighted by molar-refractivity contribution is 7.92. The van der Waals surface area contributed by atoms with Crippen LogP contribution >= 0.6 is 11.6 Å². The number of benzene rings is 3. The van der Waals surface area contributed by atoms with Gasteiger partial charge < -0.3 is 18.9 Å². The second kappa shape index (κ2) is 12.8. The molecule has 0 fully saturated rings. The molecule has 0 aliphatic heterocycles. The minimum atomic E-state index is -4.19. The van der Waals surface area contributed by atoms with Gasteiger partial charge in [0.25, 0.3) is 15.9 Å². The number of sulfonamides is 1. The van der Waals surface area contributed by atoms with Crippen LogP contribution in [0.2, 0.25) is 5.02 Å². The van der Waals surface area contributed by atoms with E-state index in [0.29, 0.717) is 5.56 Å². The third-order valence-corrected chi connectivity index (χ3v) is 6.99. The van der Waals surface area contributed by atoms with E-state index in [-0.39, 0.29) is 32.9 Å². The Morgan fingerprint density at radius 2 is 1.63 bits per heavy atom. The molecule has 0 heterocycles. The van der Waals surface area contributed by atoms with Crippen molar-refractivity contribution in [1.82, 2.24) is 5.43 Å². The summed E-state index contributed by atoms with van der Waals surface area (Å²) in [6.45, 7) is -0.625. The van der Waals surface area contributed by atoms with Crippen molar-refractivity contribution >= 4 is 45.6 Å². The minimum Gasteiger partial charge on any atom is -0.495 e. The van der Waals surface area contributed by atoms with Crippen LogP contribution in [-0.4, -0.2) is 54.6 Å². The van der Waals surface area contributed by atoms with Crippen molar-refractivity contribution in [3.63, 3.8) is 0 Å². The molecule has 1 N–H and O–H groups in total. The summed E-state index contributed by atoms with van der Waals surface area (Å²) in [5.41, 5.74) is 2.87. The summed E-state index contributed by atoms with van der Waals surface area (Å²) in [6.07, 6.45) is 0.390.